The molecule has 6 nitrogen and oxygen atoms in total. The van der Waals surface area contributed by atoms with Gasteiger partial charge in [0.1, 0.15) is 0 Å². The number of likely N-dealkylation sites (tertiary alicyclic amines) is 1. The second-order valence-corrected chi connectivity index (χ2v) is 6.86. The van der Waals surface area contributed by atoms with Gasteiger partial charge in [0.15, 0.2) is 5.96 Å². The van der Waals surface area contributed by atoms with Crippen molar-refractivity contribution in [1.29, 1.82) is 0 Å². The SMILES string of the molecule is CN=C(NCCC(=O)OC(C)C)N1CCC(COCc2ccccc2)C1. The summed E-state index contributed by atoms with van der Waals surface area (Å²) in [5.74, 6) is 1.16. The van der Waals surface area contributed by atoms with Crippen LogP contribution in [-0.4, -0.2) is 56.2 Å². The minimum Gasteiger partial charge on any atom is -0.463 e. The van der Waals surface area contributed by atoms with Crippen LogP contribution in [0.15, 0.2) is 35.3 Å². The highest BCUT2D eigenvalue weighted by Crippen LogP contribution is 2.17. The molecule has 1 unspecified atom stereocenters. The Morgan fingerprint density at radius 2 is 2.12 bits per heavy atom. The Morgan fingerprint density at radius 3 is 2.81 bits per heavy atom. The standard InChI is InChI=1S/C20H31N3O3/c1-16(2)26-19(24)9-11-22-20(21-3)23-12-10-18(13-23)15-25-14-17-7-5-4-6-8-17/h4-8,16,18H,9-15H2,1-3H3,(H,21,22). The molecular formula is C20H31N3O3. The fourth-order valence-electron chi connectivity index (χ4n) is 3.01. The van der Waals surface area contributed by atoms with E-state index >= 15 is 0 Å². The number of benzene rings is 1. The predicted molar refractivity (Wildman–Crippen MR) is 103 cm³/mol. The fraction of sp³-hybridized carbons (Fsp3) is 0.600. The van der Waals surface area contributed by atoms with E-state index in [1.54, 1.807) is 7.05 Å². The van der Waals surface area contributed by atoms with Crippen LogP contribution in [0.1, 0.15) is 32.3 Å². The summed E-state index contributed by atoms with van der Waals surface area (Å²) in [6.45, 7) is 7.53. The normalized spacial score (nSPS) is 17.6. The number of hydrogen-bond acceptors (Lipinski definition) is 4. The first-order chi connectivity index (χ1) is 12.6. The Balaban J connectivity index is 1.66. The number of guanidine groups is 1. The van der Waals surface area contributed by atoms with Crippen LogP contribution in [0, 0.1) is 5.92 Å². The molecule has 2 rings (SSSR count). The van der Waals surface area contributed by atoms with Gasteiger partial charge in [-0.05, 0) is 25.8 Å². The van der Waals surface area contributed by atoms with Crippen LogP contribution in [0.3, 0.4) is 0 Å². The number of aliphatic imine (C=N–C) groups is 1. The summed E-state index contributed by atoms with van der Waals surface area (Å²) in [5, 5.41) is 3.25. The lowest BCUT2D eigenvalue weighted by molar-refractivity contribution is -0.147. The van der Waals surface area contributed by atoms with E-state index in [1.807, 2.05) is 32.0 Å². The van der Waals surface area contributed by atoms with Gasteiger partial charge in [-0.2, -0.15) is 0 Å². The zero-order valence-electron chi connectivity index (χ0n) is 16.1. The topological polar surface area (TPSA) is 63.2 Å². The Kier molecular flexibility index (Phi) is 8.41. The number of nitrogens with zero attached hydrogens (tertiary/aromatic N) is 2. The Bertz CT molecular complexity index is 575. The molecular weight excluding hydrogens is 330 g/mol. The molecule has 1 aliphatic heterocycles. The maximum absolute atomic E-state index is 11.6. The molecule has 1 aromatic rings. The third kappa shape index (κ3) is 7.04. The van der Waals surface area contributed by atoms with Crippen LogP contribution in [0.5, 0.6) is 0 Å². The lowest BCUT2D eigenvalue weighted by Crippen LogP contribution is -2.41. The number of hydrogen-bond donors (Lipinski definition) is 1. The first kappa shape index (κ1) is 20.2. The van der Waals surface area contributed by atoms with Gasteiger partial charge in [0, 0.05) is 32.6 Å². The maximum Gasteiger partial charge on any atom is 0.307 e. The summed E-state index contributed by atoms with van der Waals surface area (Å²) >= 11 is 0. The minimum atomic E-state index is -0.184. The van der Waals surface area contributed by atoms with Crippen molar-refractivity contribution in [3.8, 4) is 0 Å². The molecule has 1 fully saturated rings. The van der Waals surface area contributed by atoms with E-state index in [0.29, 0.717) is 25.5 Å². The number of carbonyl (C=O) groups excluding carboxylic acids is 1. The predicted octanol–water partition coefficient (Wildman–Crippen LogP) is 2.44. The molecule has 0 aromatic heterocycles. The highest BCUT2D eigenvalue weighted by atomic mass is 16.5. The number of esters is 1. The molecule has 0 saturated carbocycles. The monoisotopic (exact) mass is 361 g/mol. The van der Waals surface area contributed by atoms with Crippen molar-refractivity contribution >= 4 is 11.9 Å². The van der Waals surface area contributed by atoms with Crippen molar-refractivity contribution in [2.75, 3.05) is 33.3 Å². The highest BCUT2D eigenvalue weighted by molar-refractivity contribution is 5.80. The van der Waals surface area contributed by atoms with Crippen LogP contribution in [0.2, 0.25) is 0 Å². The summed E-state index contributed by atoms with van der Waals surface area (Å²) in [5.41, 5.74) is 1.20. The van der Waals surface area contributed by atoms with Crippen LogP contribution in [-0.2, 0) is 20.9 Å². The summed E-state index contributed by atoms with van der Waals surface area (Å²) in [4.78, 5) is 18.2. The molecule has 0 aliphatic carbocycles. The summed E-state index contributed by atoms with van der Waals surface area (Å²) < 4.78 is 11.0. The second kappa shape index (κ2) is 10.8. The van der Waals surface area contributed by atoms with Crippen molar-refractivity contribution in [3.05, 3.63) is 35.9 Å². The van der Waals surface area contributed by atoms with Crippen molar-refractivity contribution in [3.63, 3.8) is 0 Å². The highest BCUT2D eigenvalue weighted by Gasteiger charge is 2.25. The number of rotatable bonds is 8. The molecule has 1 aliphatic rings. The van der Waals surface area contributed by atoms with Gasteiger partial charge >= 0.3 is 5.97 Å². The van der Waals surface area contributed by atoms with Crippen LogP contribution in [0.4, 0.5) is 0 Å². The van der Waals surface area contributed by atoms with E-state index in [1.165, 1.54) is 5.56 Å². The van der Waals surface area contributed by atoms with Gasteiger partial charge in [-0.25, -0.2) is 0 Å². The average Bonchev–Trinajstić information content (AvgIpc) is 3.08. The van der Waals surface area contributed by atoms with Crippen LogP contribution >= 0.6 is 0 Å². The molecule has 1 aromatic carbocycles. The largest absolute Gasteiger partial charge is 0.463 e. The average molecular weight is 361 g/mol. The Hall–Kier alpha value is -2.08. The van der Waals surface area contributed by atoms with Crippen molar-refractivity contribution < 1.29 is 14.3 Å². The van der Waals surface area contributed by atoms with Gasteiger partial charge in [-0.3, -0.25) is 9.79 Å². The Morgan fingerprint density at radius 1 is 1.35 bits per heavy atom. The number of ether oxygens (including phenoxy) is 2. The van der Waals surface area contributed by atoms with Gasteiger partial charge in [0.05, 0.1) is 25.7 Å². The number of nitrogens with one attached hydrogen (secondary N) is 1. The van der Waals surface area contributed by atoms with Gasteiger partial charge in [0.2, 0.25) is 0 Å². The van der Waals surface area contributed by atoms with Crippen LogP contribution < -0.4 is 5.32 Å². The molecule has 1 heterocycles. The molecule has 1 saturated heterocycles. The van der Waals surface area contributed by atoms with Gasteiger partial charge < -0.3 is 19.7 Å². The van der Waals surface area contributed by atoms with Gasteiger partial charge in [-0.15, -0.1) is 0 Å². The summed E-state index contributed by atoms with van der Waals surface area (Å²) in [6.07, 6.45) is 1.36. The molecule has 1 atom stereocenters. The smallest absolute Gasteiger partial charge is 0.307 e. The Labute approximate surface area is 156 Å². The molecule has 0 bridgehead atoms. The molecule has 6 heteroatoms. The first-order valence-corrected chi connectivity index (χ1v) is 9.35. The molecule has 0 amide bonds. The third-order valence-electron chi connectivity index (χ3n) is 4.24. The summed E-state index contributed by atoms with van der Waals surface area (Å²) in [7, 11) is 1.77. The van der Waals surface area contributed by atoms with E-state index in [2.05, 4.69) is 27.3 Å². The van der Waals surface area contributed by atoms with Gasteiger partial charge in [0.25, 0.3) is 0 Å². The maximum atomic E-state index is 11.6. The quantitative estimate of drug-likeness (QED) is 0.438. The van der Waals surface area contributed by atoms with E-state index in [9.17, 15) is 4.79 Å². The molecule has 1 N–H and O–H groups in total. The fourth-order valence-corrected chi connectivity index (χ4v) is 3.01. The van der Waals surface area contributed by atoms with Crippen molar-refractivity contribution in [1.82, 2.24) is 10.2 Å². The second-order valence-electron chi connectivity index (χ2n) is 6.86. The summed E-state index contributed by atoms with van der Waals surface area (Å²) in [6, 6.07) is 10.2. The molecule has 26 heavy (non-hydrogen) atoms. The van der Waals surface area contributed by atoms with E-state index in [0.717, 1.165) is 32.1 Å². The zero-order chi connectivity index (χ0) is 18.8. The third-order valence-corrected chi connectivity index (χ3v) is 4.24. The van der Waals surface area contributed by atoms with E-state index in [4.69, 9.17) is 9.47 Å². The molecule has 0 radical (unpaired) electrons. The minimum absolute atomic E-state index is 0.0722. The van der Waals surface area contributed by atoms with E-state index < -0.39 is 0 Å². The lowest BCUT2D eigenvalue weighted by atomic mass is 10.1. The molecule has 0 spiro atoms. The van der Waals surface area contributed by atoms with Crippen LogP contribution in [0.25, 0.3) is 0 Å². The first-order valence-electron chi connectivity index (χ1n) is 9.35. The molecule has 144 valence electrons. The zero-order valence-corrected chi connectivity index (χ0v) is 16.1. The van der Waals surface area contributed by atoms with Gasteiger partial charge in [-0.1, -0.05) is 30.3 Å². The van der Waals surface area contributed by atoms with E-state index in [-0.39, 0.29) is 12.1 Å². The lowest BCUT2D eigenvalue weighted by Gasteiger charge is -2.21. The van der Waals surface area contributed by atoms with Crippen molar-refractivity contribution in [2.45, 2.75) is 39.4 Å². The van der Waals surface area contributed by atoms with Crippen molar-refractivity contribution in [2.24, 2.45) is 10.9 Å². The number of carbonyl (C=O) groups is 1.